The average Bonchev–Trinajstić information content (AvgIpc) is 3.32. The number of thioether (sulfide) groups is 1. The highest BCUT2D eigenvalue weighted by molar-refractivity contribution is 8.00. The van der Waals surface area contributed by atoms with E-state index < -0.39 is 29.1 Å². The van der Waals surface area contributed by atoms with Crippen molar-refractivity contribution in [1.82, 2.24) is 4.90 Å². The van der Waals surface area contributed by atoms with Gasteiger partial charge in [0.15, 0.2) is 0 Å². The van der Waals surface area contributed by atoms with Gasteiger partial charge in [-0.2, -0.15) is 0 Å². The van der Waals surface area contributed by atoms with Gasteiger partial charge in [0, 0.05) is 41.5 Å². The number of ether oxygens (including phenoxy) is 1. The summed E-state index contributed by atoms with van der Waals surface area (Å²) in [5.41, 5.74) is 5.04. The van der Waals surface area contributed by atoms with Crippen molar-refractivity contribution >= 4 is 29.4 Å². The van der Waals surface area contributed by atoms with Gasteiger partial charge in [-0.1, -0.05) is 47.6 Å². The van der Waals surface area contributed by atoms with Gasteiger partial charge < -0.3 is 20.5 Å². The number of nitrogens with zero attached hydrogens (tertiary/aromatic N) is 1. The van der Waals surface area contributed by atoms with Gasteiger partial charge in [-0.05, 0) is 80.0 Å². The second kappa shape index (κ2) is 11.8. The Labute approximate surface area is 263 Å². The Kier molecular flexibility index (Phi) is 9.03. The molecule has 2 unspecified atom stereocenters. The molecule has 0 aromatic carbocycles. The quantitative estimate of drug-likeness (QED) is 0.292. The Hall–Kier alpha value is -1.38. The fraction of sp³-hybridized carbons (Fsp3) is 0.857. The van der Waals surface area contributed by atoms with Crippen LogP contribution >= 0.6 is 11.8 Å². The number of ketones is 1. The van der Waals surface area contributed by atoms with E-state index in [9.17, 15) is 19.5 Å². The summed E-state index contributed by atoms with van der Waals surface area (Å²) in [7, 11) is 0. The van der Waals surface area contributed by atoms with Crippen LogP contribution in [0.3, 0.4) is 0 Å². The molecule has 8 heteroatoms. The summed E-state index contributed by atoms with van der Waals surface area (Å²) in [4.78, 5) is 41.7. The fourth-order valence-electron chi connectivity index (χ4n) is 10.0. The molecule has 9 atom stereocenters. The molecule has 1 spiro atoms. The molecule has 7 nitrogen and oxygen atoms in total. The van der Waals surface area contributed by atoms with E-state index in [1.807, 2.05) is 31.7 Å². The van der Waals surface area contributed by atoms with Crippen LogP contribution in [0.25, 0.3) is 0 Å². The summed E-state index contributed by atoms with van der Waals surface area (Å²) < 4.78 is 6.43. The lowest BCUT2D eigenvalue weighted by Gasteiger charge is -2.61. The van der Waals surface area contributed by atoms with Crippen molar-refractivity contribution < 1.29 is 24.2 Å². The van der Waals surface area contributed by atoms with E-state index >= 15 is 0 Å². The third kappa shape index (κ3) is 5.43. The lowest BCUT2D eigenvalue weighted by atomic mass is 9.44. The lowest BCUT2D eigenvalue weighted by Crippen LogP contribution is -2.63. The number of carbonyl (C=O) groups is 3. The molecule has 4 aliphatic carbocycles. The van der Waals surface area contributed by atoms with E-state index in [1.54, 1.807) is 11.8 Å². The van der Waals surface area contributed by atoms with Crippen molar-refractivity contribution in [3.05, 3.63) is 12.7 Å². The number of piperidine rings is 1. The molecule has 5 rings (SSSR count). The standard InChI is InChI=1S/C35H56N2O5S/c1-8-32(6)19-26(33(7)22(4)9-11-35(23(5)30(32)40)12-10-25(38)29(33)35)42-27(39)20-43-24-17-34(18-24)13-15-37(16-14-34)31(41)28(36)21(2)3/h8,21-24,26,28-30,40H,1,9-20,36H2,2-7H3/t22?,23-,26+,28+,29?,30-,32+,33-,35-/m0/s1. The Bertz CT molecular complexity index is 1110. The number of amides is 1. The van der Waals surface area contributed by atoms with Crippen molar-refractivity contribution in [3.63, 3.8) is 0 Å². The number of Topliss-reactive ketones (excluding diaryl/α,β-unsaturated/α-hetero) is 1. The maximum Gasteiger partial charge on any atom is 0.316 e. The summed E-state index contributed by atoms with van der Waals surface area (Å²) in [5.74, 6) is 0.560. The van der Waals surface area contributed by atoms with Gasteiger partial charge in [0.05, 0.1) is 17.9 Å². The van der Waals surface area contributed by atoms with E-state index in [4.69, 9.17) is 10.5 Å². The highest BCUT2D eigenvalue weighted by Gasteiger charge is 2.68. The minimum atomic E-state index is -0.652. The molecule has 1 amide bonds. The van der Waals surface area contributed by atoms with Gasteiger partial charge in [-0.15, -0.1) is 18.3 Å². The maximum absolute atomic E-state index is 13.6. The van der Waals surface area contributed by atoms with Gasteiger partial charge in [-0.3, -0.25) is 14.4 Å². The molecule has 2 bridgehead atoms. The van der Waals surface area contributed by atoms with Gasteiger partial charge >= 0.3 is 5.97 Å². The molecule has 5 fully saturated rings. The first-order valence-electron chi connectivity index (χ1n) is 16.8. The van der Waals surface area contributed by atoms with E-state index in [1.165, 1.54) is 0 Å². The summed E-state index contributed by atoms with van der Waals surface area (Å²) in [5, 5.41) is 12.1. The number of nitrogens with two attached hydrogens (primary N) is 1. The van der Waals surface area contributed by atoms with Crippen molar-refractivity contribution in [1.29, 1.82) is 0 Å². The largest absolute Gasteiger partial charge is 0.461 e. The number of rotatable bonds is 7. The number of hydrogen-bond donors (Lipinski definition) is 2. The van der Waals surface area contributed by atoms with Crippen LogP contribution < -0.4 is 5.73 Å². The molecule has 0 aromatic heterocycles. The Morgan fingerprint density at radius 2 is 1.79 bits per heavy atom. The predicted octanol–water partition coefficient (Wildman–Crippen LogP) is 5.38. The van der Waals surface area contributed by atoms with Crippen molar-refractivity contribution in [2.75, 3.05) is 18.8 Å². The molecular formula is C35H56N2O5S. The summed E-state index contributed by atoms with van der Waals surface area (Å²) in [6.45, 7) is 18.2. The number of aliphatic hydroxyl groups excluding tert-OH is 1. The molecule has 3 N–H and O–H groups in total. The molecule has 1 heterocycles. The van der Waals surface area contributed by atoms with Gasteiger partial charge in [-0.25, -0.2) is 0 Å². The van der Waals surface area contributed by atoms with Crippen LogP contribution in [0.2, 0.25) is 0 Å². The van der Waals surface area contributed by atoms with Gasteiger partial charge in [0.2, 0.25) is 5.91 Å². The Balaban J connectivity index is 1.22. The highest BCUT2D eigenvalue weighted by atomic mass is 32.2. The molecule has 0 radical (unpaired) electrons. The first-order valence-corrected chi connectivity index (χ1v) is 17.9. The van der Waals surface area contributed by atoms with Crippen molar-refractivity contribution in [2.45, 2.75) is 123 Å². The molecule has 43 heavy (non-hydrogen) atoms. The highest BCUT2D eigenvalue weighted by Crippen LogP contribution is 2.68. The van der Waals surface area contributed by atoms with Gasteiger partial charge in [0.1, 0.15) is 11.9 Å². The van der Waals surface area contributed by atoms with Crippen LogP contribution in [0.1, 0.15) is 99.3 Å². The maximum atomic E-state index is 13.6. The van der Waals surface area contributed by atoms with E-state index in [2.05, 4.69) is 27.4 Å². The first-order chi connectivity index (χ1) is 20.1. The minimum Gasteiger partial charge on any atom is -0.461 e. The number of hydrogen-bond acceptors (Lipinski definition) is 7. The zero-order valence-electron chi connectivity index (χ0n) is 27.4. The molecule has 0 aromatic rings. The monoisotopic (exact) mass is 616 g/mol. The molecule has 1 saturated heterocycles. The number of esters is 1. The van der Waals surface area contributed by atoms with E-state index in [0.717, 1.165) is 58.0 Å². The van der Waals surface area contributed by atoms with Crippen molar-refractivity contribution in [3.8, 4) is 0 Å². The molecule has 242 valence electrons. The van der Waals surface area contributed by atoms with Crippen LogP contribution in [-0.2, 0) is 19.1 Å². The number of likely N-dealkylation sites (tertiary alicyclic amines) is 1. The third-order valence-electron chi connectivity index (χ3n) is 13.5. The smallest absolute Gasteiger partial charge is 0.316 e. The zero-order chi connectivity index (χ0) is 31.5. The minimum absolute atomic E-state index is 0.0335. The Morgan fingerprint density at radius 1 is 1.14 bits per heavy atom. The molecular weight excluding hydrogens is 560 g/mol. The van der Waals surface area contributed by atoms with Crippen molar-refractivity contribution in [2.24, 2.45) is 51.1 Å². The number of aliphatic hydroxyl groups is 1. The summed E-state index contributed by atoms with van der Waals surface area (Å²) in [6, 6.07) is -0.430. The summed E-state index contributed by atoms with van der Waals surface area (Å²) in [6.07, 6.45) is 8.61. The Morgan fingerprint density at radius 3 is 2.40 bits per heavy atom. The van der Waals surface area contributed by atoms with Crippen LogP contribution in [0.5, 0.6) is 0 Å². The second-order valence-electron chi connectivity index (χ2n) is 16.0. The zero-order valence-corrected chi connectivity index (χ0v) is 28.2. The molecule has 1 aliphatic heterocycles. The van der Waals surface area contributed by atoms with Gasteiger partial charge in [0.25, 0.3) is 0 Å². The van der Waals surface area contributed by atoms with Crippen LogP contribution in [0, 0.1) is 45.3 Å². The van der Waals surface area contributed by atoms with Crippen LogP contribution in [-0.4, -0.2) is 70.0 Å². The predicted molar refractivity (Wildman–Crippen MR) is 171 cm³/mol. The SMILES string of the molecule is C=C[C@]1(C)C[C@@H](OC(=O)CSC2CC3(CCN(C(=O)[C@H](N)C(C)C)CC3)C2)[C@]2(C)C(C)CC[C@]3(CCC(=O)C32)[C@@H](C)[C@@H]1O. The van der Waals surface area contributed by atoms with E-state index in [-0.39, 0.29) is 52.2 Å². The third-order valence-corrected chi connectivity index (χ3v) is 14.7. The lowest BCUT2D eigenvalue weighted by molar-refractivity contribution is -0.205. The molecule has 5 aliphatic rings. The second-order valence-corrected chi connectivity index (χ2v) is 17.3. The average molecular weight is 617 g/mol. The normalized spacial score (nSPS) is 41.7. The van der Waals surface area contributed by atoms with Crippen LogP contribution in [0.15, 0.2) is 12.7 Å². The number of carbonyl (C=O) groups excluding carboxylic acids is 3. The first kappa shape index (κ1) is 33.0. The van der Waals surface area contributed by atoms with Crippen LogP contribution in [0.4, 0.5) is 0 Å². The van der Waals surface area contributed by atoms with E-state index in [0.29, 0.717) is 23.8 Å². The summed E-state index contributed by atoms with van der Waals surface area (Å²) >= 11 is 1.69. The fourth-order valence-corrected chi connectivity index (χ4v) is 11.4. The molecule has 4 saturated carbocycles. The topological polar surface area (TPSA) is 110 Å².